The molecule has 8 N–H and O–H groups in total. The first-order chi connectivity index (χ1) is 29.8. The molecule has 0 aliphatic carbocycles. The number of aliphatic hydroxyl groups is 4. The minimum Gasteiger partial charge on any atom is -0.790 e. The van der Waals surface area contributed by atoms with Crippen LogP contribution in [0.4, 0.5) is 5.82 Å². The van der Waals surface area contributed by atoms with Crippen molar-refractivity contribution >= 4 is 69.1 Å². The number of carbonyl (C=O) groups excluding carboxylic acids is 3. The highest BCUT2D eigenvalue weighted by Gasteiger charge is 2.47. The number of nitrogen functional groups attached to an aromatic ring is 1. The number of hydrogen-bond donors (Lipinski definition) is 7. The molecule has 0 saturated carbocycles. The number of hydrogen-bond acceptors (Lipinski definition) is 26. The molecular weight excluding hydrogens is 943 g/mol. The molecular formula is C32H50N7O21P3S-4. The first-order valence-corrected chi connectivity index (χ1v) is 24.8. The van der Waals surface area contributed by atoms with Gasteiger partial charge in [0.1, 0.15) is 42.4 Å². The Morgan fingerprint density at radius 3 is 2.41 bits per heavy atom. The number of nitrogens with two attached hydrogens (primary N) is 1. The van der Waals surface area contributed by atoms with E-state index < -0.39 is 109 Å². The minimum absolute atomic E-state index is 0.0303. The summed E-state index contributed by atoms with van der Waals surface area (Å²) in [6, 6.07) is 0. The molecule has 0 bridgehead atoms. The van der Waals surface area contributed by atoms with Crippen LogP contribution in [0.1, 0.15) is 59.1 Å². The zero-order chi connectivity index (χ0) is 47.6. The molecule has 0 radical (unpaired) electrons. The maximum Gasteiger partial charge on any atom is 0.274 e. The Balaban J connectivity index is 1.13. The Kier molecular flexibility index (Phi) is 19.8. The van der Waals surface area contributed by atoms with Gasteiger partial charge in [-0.05, 0) is 19.8 Å². The molecule has 2 aromatic heterocycles. The Morgan fingerprint density at radius 2 is 1.70 bits per heavy atom. The fourth-order valence-electron chi connectivity index (χ4n) is 6.01. The van der Waals surface area contributed by atoms with E-state index in [1.54, 1.807) is 6.92 Å². The maximum absolute atomic E-state index is 12.6. The second kappa shape index (κ2) is 23.4. The van der Waals surface area contributed by atoms with E-state index in [2.05, 4.69) is 43.5 Å². The Labute approximate surface area is 369 Å². The fraction of sp³-hybridized carbons (Fsp3) is 0.750. The predicted molar refractivity (Wildman–Crippen MR) is 209 cm³/mol. The molecule has 32 heteroatoms. The van der Waals surface area contributed by atoms with E-state index in [4.69, 9.17) is 19.9 Å². The van der Waals surface area contributed by atoms with Gasteiger partial charge in [-0.1, -0.05) is 25.6 Å². The number of thioether (sulfide) groups is 1. The number of fused-ring (bicyclic) bond motifs is 1. The van der Waals surface area contributed by atoms with Crippen molar-refractivity contribution in [2.75, 3.05) is 44.4 Å². The van der Waals surface area contributed by atoms with Crippen molar-refractivity contribution in [1.82, 2.24) is 30.2 Å². The summed E-state index contributed by atoms with van der Waals surface area (Å²) in [5.41, 5.74) is 4.03. The summed E-state index contributed by atoms with van der Waals surface area (Å²) in [5, 5.41) is 45.8. The summed E-state index contributed by atoms with van der Waals surface area (Å²) in [6.45, 7) is 1.86. The third-order valence-electron chi connectivity index (χ3n) is 9.49. The number of nitrogens with one attached hydrogen (secondary N) is 2. The number of unbranched alkanes of at least 4 members (excludes halogenated alkanes) is 1. The largest absolute Gasteiger partial charge is 0.790 e. The normalized spacial score (nSPS) is 26.5. The summed E-state index contributed by atoms with van der Waals surface area (Å²) < 4.78 is 71.6. The smallest absolute Gasteiger partial charge is 0.274 e. The molecule has 2 amide bonds. The quantitative estimate of drug-likeness (QED) is 0.0370. The molecule has 2 fully saturated rings. The zero-order valence-corrected chi connectivity index (χ0v) is 38.0. The van der Waals surface area contributed by atoms with Crippen LogP contribution in [0.2, 0.25) is 0 Å². The van der Waals surface area contributed by atoms with Crippen molar-refractivity contribution in [3.8, 4) is 0 Å². The van der Waals surface area contributed by atoms with Crippen LogP contribution >= 0.6 is 35.2 Å². The van der Waals surface area contributed by atoms with Crippen LogP contribution in [0, 0.1) is 5.41 Å². The lowest BCUT2D eigenvalue weighted by Gasteiger charge is -2.36. The Hall–Kier alpha value is -2.60. The van der Waals surface area contributed by atoms with E-state index in [9.17, 15) is 68.1 Å². The molecule has 11 atom stereocenters. The molecule has 0 aromatic carbocycles. The van der Waals surface area contributed by atoms with Gasteiger partial charge in [-0.15, -0.1) is 0 Å². The number of aromatic nitrogens is 4. The highest BCUT2D eigenvalue weighted by atomic mass is 32.2. The number of phosphoric acid groups is 3. The van der Waals surface area contributed by atoms with Gasteiger partial charge in [0.25, 0.3) is 15.6 Å². The molecule has 4 heterocycles. The summed E-state index contributed by atoms with van der Waals surface area (Å²) in [4.78, 5) is 96.6. The number of ether oxygens (including phenoxy) is 3. The molecule has 64 heavy (non-hydrogen) atoms. The SMILES string of the molecule is C[C@@H]1O[C@@H](OCCCCC(=O)SCCNC(=O)CCNC(=O)[C@H](O)C(C)(C)COP(=O)([O-])OP(=O)([O-])OC[C@H]2O[C@@H](n3cnc4c(N)ncnc43)[C@H](O)[C@@H]2OP(=O)([O-])[O-])[C@H](O)C[C@H]1O. The van der Waals surface area contributed by atoms with Crippen LogP contribution < -0.4 is 35.9 Å². The molecule has 2 aliphatic heterocycles. The first kappa shape index (κ1) is 54.0. The van der Waals surface area contributed by atoms with Crippen molar-refractivity contribution in [2.45, 2.75) is 108 Å². The summed E-state index contributed by atoms with van der Waals surface area (Å²) in [7, 11) is -17.7. The van der Waals surface area contributed by atoms with Crippen LogP contribution in [-0.4, -0.2) is 145 Å². The number of imidazole rings is 1. The Morgan fingerprint density at radius 1 is 1.00 bits per heavy atom. The van der Waals surface area contributed by atoms with E-state index in [-0.39, 0.29) is 66.8 Å². The number of nitrogens with zero attached hydrogens (tertiary/aromatic N) is 4. The molecule has 2 saturated heterocycles. The average Bonchev–Trinajstić information content (AvgIpc) is 3.76. The highest BCUT2D eigenvalue weighted by Crippen LogP contribution is 2.56. The van der Waals surface area contributed by atoms with Crippen LogP contribution in [-0.2, 0) is 60.2 Å². The van der Waals surface area contributed by atoms with Gasteiger partial charge in [0, 0.05) is 50.1 Å². The van der Waals surface area contributed by atoms with Gasteiger partial charge >= 0.3 is 0 Å². The monoisotopic (exact) mass is 993 g/mol. The molecule has 0 spiro atoms. The number of amides is 2. The summed E-state index contributed by atoms with van der Waals surface area (Å²) in [5.74, 6) is -1.35. The molecule has 4 rings (SSSR count). The van der Waals surface area contributed by atoms with Crippen molar-refractivity contribution in [2.24, 2.45) is 5.41 Å². The van der Waals surface area contributed by atoms with Gasteiger partial charge in [0.05, 0.1) is 39.6 Å². The van der Waals surface area contributed by atoms with Gasteiger partial charge < -0.3 is 88.7 Å². The number of aliphatic hydroxyl groups excluding tert-OH is 4. The van der Waals surface area contributed by atoms with Crippen molar-refractivity contribution in [3.05, 3.63) is 12.7 Å². The van der Waals surface area contributed by atoms with Crippen LogP contribution in [0.3, 0.4) is 0 Å². The maximum atomic E-state index is 12.6. The lowest BCUT2D eigenvalue weighted by molar-refractivity contribution is -0.347. The van der Waals surface area contributed by atoms with Crippen molar-refractivity contribution < 1.29 is 100 Å². The number of anilines is 1. The van der Waals surface area contributed by atoms with E-state index in [1.807, 2.05) is 0 Å². The number of phosphoric ester groups is 3. The molecule has 2 aliphatic rings. The summed E-state index contributed by atoms with van der Waals surface area (Å²) in [6.07, 6.45) is -9.34. The topological polar surface area (TPSA) is 434 Å². The zero-order valence-electron chi connectivity index (χ0n) is 34.5. The third-order valence-corrected chi connectivity index (χ3v) is 13.4. The van der Waals surface area contributed by atoms with Gasteiger partial charge in [0.15, 0.2) is 29.1 Å². The average molecular weight is 994 g/mol. The molecule has 364 valence electrons. The second-order valence-corrected chi connectivity index (χ2v) is 20.3. The predicted octanol–water partition coefficient (Wildman–Crippen LogP) is -3.82. The lowest BCUT2D eigenvalue weighted by atomic mass is 9.87. The Bertz CT molecular complexity index is 2050. The van der Waals surface area contributed by atoms with Gasteiger partial charge in [-0.2, -0.15) is 0 Å². The van der Waals surface area contributed by atoms with E-state index >= 15 is 0 Å². The third kappa shape index (κ3) is 16.3. The molecule has 2 unspecified atom stereocenters. The minimum atomic E-state index is -5.94. The van der Waals surface area contributed by atoms with Gasteiger partial charge in [-0.25, -0.2) is 19.3 Å². The lowest BCUT2D eigenvalue weighted by Crippen LogP contribution is -2.47. The van der Waals surface area contributed by atoms with Crippen LogP contribution in [0.15, 0.2) is 12.7 Å². The summed E-state index contributed by atoms with van der Waals surface area (Å²) >= 11 is 1.01. The standard InChI is InChI=1S/C32H54N7O21P3S/c1-17-18(40)12-19(41)31(57-17)54-10-5-4-6-22(43)64-11-9-34-21(42)7-8-35-29(46)26(45)32(2,3)14-56-63(52,53)60-62(50,51)55-13-20-25(59-61(47,48)49)24(44)30(58-20)39-16-38-23-27(33)36-15-37-28(23)39/h15-20,24-26,30-31,40-41,44-45H,4-14H2,1-3H3,(H,34,42)(H,35,46)(H,50,51)(H,52,53)(H2,33,36,37)(H2,47,48,49)/p-4/t17-,18+,19+,20+,24+,25+,26-,30+,31+/m0/s1. The fourth-order valence-corrected chi connectivity index (χ4v) is 9.47. The van der Waals surface area contributed by atoms with E-state index in [1.165, 1.54) is 13.8 Å². The molecule has 28 nitrogen and oxygen atoms in total. The van der Waals surface area contributed by atoms with Crippen molar-refractivity contribution in [1.29, 1.82) is 0 Å². The molecule has 2 aromatic rings. The second-order valence-electron chi connectivity index (χ2n) is 15.1. The number of carbonyl (C=O) groups is 3. The van der Waals surface area contributed by atoms with E-state index in [0.29, 0.717) is 12.8 Å². The van der Waals surface area contributed by atoms with Crippen LogP contribution in [0.5, 0.6) is 0 Å². The van der Waals surface area contributed by atoms with Crippen LogP contribution in [0.25, 0.3) is 11.2 Å². The highest BCUT2D eigenvalue weighted by molar-refractivity contribution is 8.13. The van der Waals surface area contributed by atoms with Crippen molar-refractivity contribution in [3.63, 3.8) is 0 Å². The number of rotatable bonds is 25. The van der Waals surface area contributed by atoms with Gasteiger partial charge in [-0.3, -0.25) is 28.1 Å². The van der Waals surface area contributed by atoms with Gasteiger partial charge in [0.2, 0.25) is 11.8 Å². The van der Waals surface area contributed by atoms with E-state index in [0.717, 1.165) is 29.0 Å². The first-order valence-electron chi connectivity index (χ1n) is 19.4.